The van der Waals surface area contributed by atoms with E-state index in [-0.39, 0.29) is 10.8 Å². The molecule has 0 bridgehead atoms. The van der Waals surface area contributed by atoms with Crippen LogP contribution in [0.4, 0.5) is 17.1 Å². The van der Waals surface area contributed by atoms with Gasteiger partial charge in [-0.2, -0.15) is 0 Å². The highest BCUT2D eigenvalue weighted by atomic mass is 15.1. The molecule has 0 spiro atoms. The van der Waals surface area contributed by atoms with Gasteiger partial charge in [0.15, 0.2) is 0 Å². The Hall–Kier alpha value is -8.00. The number of rotatable bonds is 7. The van der Waals surface area contributed by atoms with Crippen LogP contribution in [0.3, 0.4) is 0 Å². The van der Waals surface area contributed by atoms with E-state index in [1.165, 1.54) is 100 Å². The first kappa shape index (κ1) is 40.3. The zero-order chi connectivity index (χ0) is 45.8. The Kier molecular flexibility index (Phi) is 8.89. The highest BCUT2D eigenvalue weighted by molar-refractivity contribution is 5.92. The fourth-order valence-corrected chi connectivity index (χ4v) is 12.5. The number of hydrogen-bond donors (Lipinski definition) is 0. The SMILES string of the molecule is CC1(C)c2ccccc2-c2cc(-c3cccc(N(c4cccc(-c5ccc6c(c5)-c5ccccc5C6(C)C)c4)c4ccc5c(c4)C(c4ccccc4)(c4ccccc4)c4ccccc4-5)c3)ccc21. The molecular weight excluding hydrogens is 819 g/mol. The van der Waals surface area contributed by atoms with Gasteiger partial charge in [-0.3, -0.25) is 0 Å². The van der Waals surface area contributed by atoms with E-state index in [9.17, 15) is 0 Å². The monoisotopic (exact) mass is 869 g/mol. The molecule has 10 aromatic rings. The molecule has 3 aliphatic carbocycles. The minimum atomic E-state index is -0.525. The molecule has 0 atom stereocenters. The first-order valence-electron chi connectivity index (χ1n) is 24.1. The predicted molar refractivity (Wildman–Crippen MR) is 284 cm³/mol. The summed E-state index contributed by atoms with van der Waals surface area (Å²) in [6.45, 7) is 9.41. The van der Waals surface area contributed by atoms with Gasteiger partial charge in [0.2, 0.25) is 0 Å². The third-order valence-corrected chi connectivity index (χ3v) is 15.7. The van der Waals surface area contributed by atoms with Crippen LogP contribution in [-0.4, -0.2) is 0 Å². The molecule has 0 aromatic heterocycles. The Balaban J connectivity index is 1.01. The number of benzene rings is 10. The Morgan fingerprint density at radius 1 is 0.250 bits per heavy atom. The average Bonchev–Trinajstić information content (AvgIpc) is 3.91. The summed E-state index contributed by atoms with van der Waals surface area (Å²) in [7, 11) is 0. The van der Waals surface area contributed by atoms with Crippen molar-refractivity contribution in [1.82, 2.24) is 0 Å². The minimum absolute atomic E-state index is 0.0471. The van der Waals surface area contributed by atoms with Gasteiger partial charge in [0.1, 0.15) is 0 Å². The third kappa shape index (κ3) is 5.82. The van der Waals surface area contributed by atoms with E-state index in [1.54, 1.807) is 0 Å². The molecule has 68 heavy (non-hydrogen) atoms. The predicted octanol–water partition coefficient (Wildman–Crippen LogP) is 17.5. The summed E-state index contributed by atoms with van der Waals surface area (Å²) >= 11 is 0. The van der Waals surface area contributed by atoms with Crippen LogP contribution in [0, 0.1) is 0 Å². The van der Waals surface area contributed by atoms with Crippen LogP contribution < -0.4 is 4.90 Å². The largest absolute Gasteiger partial charge is 0.310 e. The van der Waals surface area contributed by atoms with Crippen LogP contribution in [0.15, 0.2) is 237 Å². The summed E-state index contributed by atoms with van der Waals surface area (Å²) in [5.74, 6) is 0. The maximum absolute atomic E-state index is 2.48. The fourth-order valence-electron chi connectivity index (χ4n) is 12.5. The van der Waals surface area contributed by atoms with Crippen molar-refractivity contribution in [2.45, 2.75) is 43.9 Å². The second kappa shape index (κ2) is 15.0. The molecule has 0 amide bonds. The number of hydrogen-bond acceptors (Lipinski definition) is 1. The third-order valence-electron chi connectivity index (χ3n) is 15.7. The van der Waals surface area contributed by atoms with Crippen LogP contribution in [0.1, 0.15) is 72.2 Å². The lowest BCUT2D eigenvalue weighted by Crippen LogP contribution is -2.28. The first-order chi connectivity index (χ1) is 33.2. The van der Waals surface area contributed by atoms with Crippen molar-refractivity contribution in [1.29, 1.82) is 0 Å². The van der Waals surface area contributed by atoms with Crippen molar-refractivity contribution in [2.24, 2.45) is 0 Å². The smallest absolute Gasteiger partial charge is 0.0714 e. The van der Waals surface area contributed by atoms with E-state index in [1.807, 2.05) is 0 Å². The Morgan fingerprint density at radius 2 is 0.632 bits per heavy atom. The van der Waals surface area contributed by atoms with Crippen molar-refractivity contribution in [3.05, 3.63) is 281 Å². The Bertz CT molecular complexity index is 3440. The highest BCUT2D eigenvalue weighted by Gasteiger charge is 2.46. The highest BCUT2D eigenvalue weighted by Crippen LogP contribution is 2.58. The van der Waals surface area contributed by atoms with Crippen LogP contribution in [0.25, 0.3) is 55.6 Å². The van der Waals surface area contributed by atoms with Crippen molar-refractivity contribution in [3.63, 3.8) is 0 Å². The lowest BCUT2D eigenvalue weighted by atomic mass is 9.67. The number of fused-ring (bicyclic) bond motifs is 9. The topological polar surface area (TPSA) is 3.24 Å². The molecular formula is C67H51N. The summed E-state index contributed by atoms with van der Waals surface area (Å²) in [5, 5.41) is 0. The van der Waals surface area contributed by atoms with Gasteiger partial charge in [-0.1, -0.05) is 216 Å². The molecule has 0 heterocycles. The van der Waals surface area contributed by atoms with Crippen molar-refractivity contribution >= 4 is 17.1 Å². The average molecular weight is 870 g/mol. The lowest BCUT2D eigenvalue weighted by Gasteiger charge is -2.35. The zero-order valence-electron chi connectivity index (χ0n) is 39.0. The summed E-state index contributed by atoms with van der Waals surface area (Å²) in [4.78, 5) is 2.48. The maximum atomic E-state index is 2.48. The molecule has 1 heteroatoms. The van der Waals surface area contributed by atoms with Gasteiger partial charge in [-0.05, 0) is 149 Å². The van der Waals surface area contributed by atoms with Gasteiger partial charge in [0.25, 0.3) is 0 Å². The quantitative estimate of drug-likeness (QED) is 0.154. The molecule has 3 aliphatic rings. The number of nitrogens with zero attached hydrogens (tertiary/aromatic N) is 1. The zero-order valence-corrected chi connectivity index (χ0v) is 39.0. The maximum Gasteiger partial charge on any atom is 0.0714 e. The second-order valence-electron chi connectivity index (χ2n) is 20.1. The van der Waals surface area contributed by atoms with Crippen LogP contribution >= 0.6 is 0 Å². The van der Waals surface area contributed by atoms with Gasteiger partial charge in [-0.15, -0.1) is 0 Å². The summed E-state index contributed by atoms with van der Waals surface area (Å²) in [5.41, 5.74) is 26.0. The summed E-state index contributed by atoms with van der Waals surface area (Å²) < 4.78 is 0. The lowest BCUT2D eigenvalue weighted by molar-refractivity contribution is 0.660. The standard InChI is InChI=1S/C67H51N/c1-65(2)59-30-14-11-28-54(59)57-41-46(33-37-61(57)65)44-19-17-25-50(39-44)68(51-26-18-20-45(40-51)47-34-38-62-58(42-47)55-29-12-15-31-60(55)66(62,3)4)52-35-36-56-53-27-13-16-32-63(53)67(64(56)43-52,48-21-7-5-8-22-48)49-23-9-6-10-24-49/h5-43H,1-4H3. The van der Waals surface area contributed by atoms with Gasteiger partial charge in [-0.25, -0.2) is 0 Å². The van der Waals surface area contributed by atoms with Crippen LogP contribution in [0.5, 0.6) is 0 Å². The number of anilines is 3. The van der Waals surface area contributed by atoms with Gasteiger partial charge < -0.3 is 4.90 Å². The molecule has 0 N–H and O–H groups in total. The molecule has 0 aliphatic heterocycles. The Labute approximate surface area is 400 Å². The van der Waals surface area contributed by atoms with Crippen molar-refractivity contribution < 1.29 is 0 Å². The van der Waals surface area contributed by atoms with Crippen LogP contribution in [-0.2, 0) is 16.2 Å². The molecule has 324 valence electrons. The van der Waals surface area contributed by atoms with E-state index in [0.29, 0.717) is 0 Å². The Morgan fingerprint density at radius 3 is 1.13 bits per heavy atom. The molecule has 0 unspecified atom stereocenters. The summed E-state index contributed by atoms with van der Waals surface area (Å²) in [6, 6.07) is 88.8. The van der Waals surface area contributed by atoms with Gasteiger partial charge in [0, 0.05) is 27.9 Å². The van der Waals surface area contributed by atoms with E-state index in [0.717, 1.165) is 17.1 Å². The molecule has 0 saturated carbocycles. The van der Waals surface area contributed by atoms with Crippen molar-refractivity contribution in [3.8, 4) is 55.6 Å². The molecule has 10 aromatic carbocycles. The normalized spacial score (nSPS) is 14.8. The summed E-state index contributed by atoms with van der Waals surface area (Å²) in [6.07, 6.45) is 0. The molecule has 0 saturated heterocycles. The molecule has 0 fully saturated rings. The van der Waals surface area contributed by atoms with Gasteiger partial charge in [0.05, 0.1) is 5.41 Å². The molecule has 13 rings (SSSR count). The van der Waals surface area contributed by atoms with E-state index in [2.05, 4.69) is 269 Å². The van der Waals surface area contributed by atoms with E-state index < -0.39 is 5.41 Å². The van der Waals surface area contributed by atoms with Crippen molar-refractivity contribution in [2.75, 3.05) is 4.90 Å². The van der Waals surface area contributed by atoms with E-state index in [4.69, 9.17) is 0 Å². The van der Waals surface area contributed by atoms with E-state index >= 15 is 0 Å². The van der Waals surface area contributed by atoms with Gasteiger partial charge >= 0.3 is 0 Å². The molecule has 1 nitrogen and oxygen atoms in total. The molecule has 0 radical (unpaired) electrons. The first-order valence-corrected chi connectivity index (χ1v) is 24.1. The fraction of sp³-hybridized carbons (Fsp3) is 0.104. The second-order valence-corrected chi connectivity index (χ2v) is 20.1. The van der Waals surface area contributed by atoms with Crippen LogP contribution in [0.2, 0.25) is 0 Å². The minimum Gasteiger partial charge on any atom is -0.310 e.